The SMILES string of the molecule is NC(=NC(=O)c1cc(Cl)cnc1Cl)c1ccccc1. The number of halogens is 2. The largest absolute Gasteiger partial charge is 0.383 e. The van der Waals surface area contributed by atoms with Crippen molar-refractivity contribution in [3.05, 3.63) is 63.9 Å². The molecule has 4 nitrogen and oxygen atoms in total. The van der Waals surface area contributed by atoms with Crippen LogP contribution in [0.4, 0.5) is 0 Å². The lowest BCUT2D eigenvalue weighted by Crippen LogP contribution is -2.16. The molecule has 2 rings (SSSR count). The van der Waals surface area contributed by atoms with Crippen LogP contribution in [-0.2, 0) is 0 Å². The molecule has 0 fully saturated rings. The molecule has 1 aromatic carbocycles. The summed E-state index contributed by atoms with van der Waals surface area (Å²) in [4.78, 5) is 19.5. The van der Waals surface area contributed by atoms with Crippen molar-refractivity contribution in [1.82, 2.24) is 4.98 Å². The Morgan fingerprint density at radius 1 is 1.21 bits per heavy atom. The Morgan fingerprint density at radius 2 is 1.89 bits per heavy atom. The van der Waals surface area contributed by atoms with Gasteiger partial charge in [0, 0.05) is 11.8 Å². The van der Waals surface area contributed by atoms with E-state index in [1.54, 1.807) is 24.3 Å². The lowest BCUT2D eigenvalue weighted by atomic mass is 10.2. The first-order chi connectivity index (χ1) is 9.08. The number of amidine groups is 1. The third-order valence-corrected chi connectivity index (χ3v) is 2.84. The van der Waals surface area contributed by atoms with Gasteiger partial charge in [0.2, 0.25) is 0 Å². The molecule has 0 aliphatic heterocycles. The molecule has 6 heteroatoms. The summed E-state index contributed by atoms with van der Waals surface area (Å²) >= 11 is 11.6. The minimum Gasteiger partial charge on any atom is -0.383 e. The lowest BCUT2D eigenvalue weighted by Gasteiger charge is -2.02. The molecule has 2 aromatic rings. The zero-order valence-electron chi connectivity index (χ0n) is 9.68. The molecule has 0 radical (unpaired) electrons. The van der Waals surface area contributed by atoms with E-state index in [4.69, 9.17) is 28.9 Å². The minimum atomic E-state index is -0.582. The minimum absolute atomic E-state index is 0.0408. The number of hydrogen-bond donors (Lipinski definition) is 1. The van der Waals surface area contributed by atoms with Gasteiger partial charge in [-0.05, 0) is 6.07 Å². The summed E-state index contributed by atoms with van der Waals surface area (Å²) in [6.07, 6.45) is 1.35. The van der Waals surface area contributed by atoms with Gasteiger partial charge in [-0.1, -0.05) is 53.5 Å². The number of amides is 1. The van der Waals surface area contributed by atoms with E-state index in [0.717, 1.165) is 0 Å². The topological polar surface area (TPSA) is 68.3 Å². The zero-order chi connectivity index (χ0) is 13.8. The second-order valence-electron chi connectivity index (χ2n) is 3.66. The molecule has 1 aromatic heterocycles. The van der Waals surface area contributed by atoms with Gasteiger partial charge in [-0.15, -0.1) is 0 Å². The third-order valence-electron chi connectivity index (χ3n) is 2.33. The quantitative estimate of drug-likeness (QED) is 0.526. The Morgan fingerprint density at radius 3 is 2.58 bits per heavy atom. The first-order valence-corrected chi connectivity index (χ1v) is 6.08. The van der Waals surface area contributed by atoms with E-state index in [0.29, 0.717) is 10.6 Å². The molecule has 96 valence electrons. The van der Waals surface area contributed by atoms with Crippen molar-refractivity contribution in [3.63, 3.8) is 0 Å². The number of aliphatic imine (C=N–C) groups is 1. The molecule has 0 atom stereocenters. The van der Waals surface area contributed by atoms with Crippen LogP contribution in [0.1, 0.15) is 15.9 Å². The predicted molar refractivity (Wildman–Crippen MR) is 75.8 cm³/mol. The Balaban J connectivity index is 2.33. The van der Waals surface area contributed by atoms with E-state index >= 15 is 0 Å². The van der Waals surface area contributed by atoms with Gasteiger partial charge in [0.15, 0.2) is 0 Å². The van der Waals surface area contributed by atoms with Gasteiger partial charge in [-0.3, -0.25) is 4.79 Å². The van der Waals surface area contributed by atoms with Crippen LogP contribution in [0.15, 0.2) is 47.6 Å². The maximum absolute atomic E-state index is 12.0. The van der Waals surface area contributed by atoms with Crippen LogP contribution >= 0.6 is 23.2 Å². The van der Waals surface area contributed by atoms with E-state index in [-0.39, 0.29) is 16.6 Å². The van der Waals surface area contributed by atoms with Gasteiger partial charge in [0.1, 0.15) is 11.0 Å². The summed E-state index contributed by atoms with van der Waals surface area (Å²) in [6.45, 7) is 0. The number of benzene rings is 1. The van der Waals surface area contributed by atoms with E-state index in [1.165, 1.54) is 12.3 Å². The number of aromatic nitrogens is 1. The molecule has 2 N–H and O–H groups in total. The third kappa shape index (κ3) is 3.30. The summed E-state index contributed by atoms with van der Waals surface area (Å²) < 4.78 is 0. The summed E-state index contributed by atoms with van der Waals surface area (Å²) in [6, 6.07) is 10.4. The maximum Gasteiger partial charge on any atom is 0.282 e. The highest BCUT2D eigenvalue weighted by molar-refractivity contribution is 6.35. The number of pyridine rings is 1. The monoisotopic (exact) mass is 293 g/mol. The first-order valence-electron chi connectivity index (χ1n) is 5.33. The van der Waals surface area contributed by atoms with Crippen LogP contribution in [0.25, 0.3) is 0 Å². The molecule has 0 bridgehead atoms. The Bertz CT molecular complexity index is 642. The second kappa shape index (κ2) is 5.82. The van der Waals surface area contributed by atoms with Crippen molar-refractivity contribution >= 4 is 34.9 Å². The highest BCUT2D eigenvalue weighted by atomic mass is 35.5. The van der Waals surface area contributed by atoms with Crippen molar-refractivity contribution in [2.24, 2.45) is 10.7 Å². The smallest absolute Gasteiger partial charge is 0.282 e. The van der Waals surface area contributed by atoms with Crippen molar-refractivity contribution in [2.45, 2.75) is 0 Å². The number of nitrogens with two attached hydrogens (primary N) is 1. The van der Waals surface area contributed by atoms with Gasteiger partial charge in [-0.25, -0.2) is 4.98 Å². The van der Waals surface area contributed by atoms with Crippen molar-refractivity contribution in [1.29, 1.82) is 0 Å². The highest BCUT2D eigenvalue weighted by Gasteiger charge is 2.12. The molecule has 19 heavy (non-hydrogen) atoms. The molecular weight excluding hydrogens is 285 g/mol. The van der Waals surface area contributed by atoms with E-state index in [1.807, 2.05) is 6.07 Å². The Kier molecular flexibility index (Phi) is 4.14. The van der Waals surface area contributed by atoms with Gasteiger partial charge in [-0.2, -0.15) is 4.99 Å². The van der Waals surface area contributed by atoms with Crippen LogP contribution in [-0.4, -0.2) is 16.7 Å². The highest BCUT2D eigenvalue weighted by Crippen LogP contribution is 2.18. The molecule has 0 aliphatic carbocycles. The van der Waals surface area contributed by atoms with Crippen LogP contribution < -0.4 is 5.73 Å². The van der Waals surface area contributed by atoms with Gasteiger partial charge in [0.25, 0.3) is 5.91 Å². The number of rotatable bonds is 2. The number of nitrogens with zero attached hydrogens (tertiary/aromatic N) is 2. The van der Waals surface area contributed by atoms with E-state index in [9.17, 15) is 4.79 Å². The van der Waals surface area contributed by atoms with Crippen molar-refractivity contribution in [3.8, 4) is 0 Å². The van der Waals surface area contributed by atoms with Gasteiger partial charge >= 0.3 is 0 Å². The molecular formula is C13H9Cl2N3O. The zero-order valence-corrected chi connectivity index (χ0v) is 11.2. The normalized spacial score (nSPS) is 11.4. The molecule has 0 aliphatic rings. The number of carbonyl (C=O) groups is 1. The van der Waals surface area contributed by atoms with E-state index in [2.05, 4.69) is 9.98 Å². The lowest BCUT2D eigenvalue weighted by molar-refractivity contribution is 0.100. The first kappa shape index (κ1) is 13.5. The van der Waals surface area contributed by atoms with E-state index < -0.39 is 5.91 Å². The average molecular weight is 294 g/mol. The van der Waals surface area contributed by atoms with Crippen LogP contribution in [0.3, 0.4) is 0 Å². The number of hydrogen-bond acceptors (Lipinski definition) is 2. The van der Waals surface area contributed by atoms with Crippen molar-refractivity contribution < 1.29 is 4.79 Å². The van der Waals surface area contributed by atoms with Crippen LogP contribution in [0, 0.1) is 0 Å². The fourth-order valence-corrected chi connectivity index (χ4v) is 1.76. The van der Waals surface area contributed by atoms with Gasteiger partial charge in [0.05, 0.1) is 10.6 Å². The molecule has 1 amide bonds. The van der Waals surface area contributed by atoms with Crippen molar-refractivity contribution in [2.75, 3.05) is 0 Å². The molecule has 1 heterocycles. The number of carbonyl (C=O) groups excluding carboxylic acids is 1. The fourth-order valence-electron chi connectivity index (χ4n) is 1.42. The Labute approximate surface area is 119 Å². The molecule has 0 saturated carbocycles. The second-order valence-corrected chi connectivity index (χ2v) is 4.45. The molecule has 0 spiro atoms. The predicted octanol–water partition coefficient (Wildman–Crippen LogP) is 2.93. The average Bonchev–Trinajstić information content (AvgIpc) is 2.42. The van der Waals surface area contributed by atoms with Gasteiger partial charge < -0.3 is 5.73 Å². The molecule has 0 unspecified atom stereocenters. The summed E-state index contributed by atoms with van der Waals surface area (Å²) in [5, 5.41) is 0.347. The Hall–Kier alpha value is -1.91. The molecule has 0 saturated heterocycles. The van der Waals surface area contributed by atoms with Crippen LogP contribution in [0.5, 0.6) is 0 Å². The maximum atomic E-state index is 12.0. The summed E-state index contributed by atoms with van der Waals surface area (Å²) in [5.41, 5.74) is 6.53. The van der Waals surface area contributed by atoms with Crippen LogP contribution in [0.2, 0.25) is 10.2 Å². The summed E-state index contributed by atoms with van der Waals surface area (Å²) in [5.74, 6) is -0.469. The standard InChI is InChI=1S/C13H9Cl2N3O/c14-9-6-10(11(15)17-7-9)13(19)18-12(16)8-4-2-1-3-5-8/h1-7H,(H2,16,18,19). The summed E-state index contributed by atoms with van der Waals surface area (Å²) in [7, 11) is 0. The fraction of sp³-hybridized carbons (Fsp3) is 0.